The summed E-state index contributed by atoms with van der Waals surface area (Å²) >= 11 is 0. The molecular weight excluding hydrogens is 218 g/mol. The zero-order chi connectivity index (χ0) is 12.7. The number of nitrogens with one attached hydrogen (secondary N) is 1. The van der Waals surface area contributed by atoms with Gasteiger partial charge in [-0.3, -0.25) is 0 Å². The number of hydrogen-bond acceptors (Lipinski definition) is 4. The minimum absolute atomic E-state index is 0.0284. The zero-order valence-electron chi connectivity index (χ0n) is 10.3. The maximum Gasteiger partial charge on any atom is 0.120 e. The molecule has 1 aromatic heterocycles. The van der Waals surface area contributed by atoms with Crippen molar-refractivity contribution in [3.05, 3.63) is 23.5 Å². The third kappa shape index (κ3) is 4.19. The number of nitriles is 1. The Morgan fingerprint density at radius 2 is 2.41 bits per heavy atom. The Balaban J connectivity index is 2.45. The fraction of sp³-hybridized carbons (Fsp3) is 0.583. The van der Waals surface area contributed by atoms with Crippen molar-refractivity contribution in [1.29, 1.82) is 5.26 Å². The van der Waals surface area contributed by atoms with Crippen molar-refractivity contribution in [1.82, 2.24) is 9.88 Å². The van der Waals surface area contributed by atoms with Gasteiger partial charge in [0.05, 0.1) is 6.61 Å². The fourth-order valence-electron chi connectivity index (χ4n) is 1.62. The number of aryl methyl sites for hydroxylation is 1. The van der Waals surface area contributed by atoms with Gasteiger partial charge < -0.3 is 19.7 Å². The minimum Gasteiger partial charge on any atom is -0.395 e. The second kappa shape index (κ2) is 7.07. The lowest BCUT2D eigenvalue weighted by Gasteiger charge is -2.14. The van der Waals surface area contributed by atoms with Gasteiger partial charge in [-0.25, -0.2) is 0 Å². The molecule has 1 unspecified atom stereocenters. The number of methoxy groups -OCH3 is 1. The van der Waals surface area contributed by atoms with Crippen molar-refractivity contribution >= 4 is 0 Å². The van der Waals surface area contributed by atoms with Gasteiger partial charge in [0.25, 0.3) is 0 Å². The van der Waals surface area contributed by atoms with Crippen molar-refractivity contribution in [2.24, 2.45) is 7.05 Å². The van der Waals surface area contributed by atoms with Gasteiger partial charge >= 0.3 is 0 Å². The molecule has 1 rings (SSSR count). The van der Waals surface area contributed by atoms with Gasteiger partial charge in [-0.1, -0.05) is 0 Å². The number of aromatic nitrogens is 1. The summed E-state index contributed by atoms with van der Waals surface area (Å²) < 4.78 is 6.76. The van der Waals surface area contributed by atoms with E-state index in [9.17, 15) is 0 Å². The van der Waals surface area contributed by atoms with Crippen LogP contribution in [0.15, 0.2) is 12.3 Å². The highest BCUT2D eigenvalue weighted by Crippen LogP contribution is 2.06. The normalized spacial score (nSPS) is 12.4. The molecule has 0 aliphatic heterocycles. The molecule has 0 saturated heterocycles. The first-order valence-electron chi connectivity index (χ1n) is 5.59. The quantitative estimate of drug-likeness (QED) is 0.719. The van der Waals surface area contributed by atoms with Crippen LogP contribution in [0.5, 0.6) is 0 Å². The average molecular weight is 237 g/mol. The first kappa shape index (κ1) is 13.7. The van der Waals surface area contributed by atoms with Crippen LogP contribution in [0.1, 0.15) is 17.7 Å². The largest absolute Gasteiger partial charge is 0.395 e. The number of aliphatic hydroxyl groups is 1. The standard InChI is InChI=1S/C12H19N3O2/c1-15-8-10(5-12(15)6-13)7-14-11(9-16)3-4-17-2/h5,8,11,14,16H,3-4,7,9H2,1-2H3. The summed E-state index contributed by atoms with van der Waals surface area (Å²) in [6.45, 7) is 1.35. The Morgan fingerprint density at radius 1 is 1.65 bits per heavy atom. The molecule has 1 heterocycles. The van der Waals surface area contributed by atoms with Crippen LogP contribution in [0.4, 0.5) is 0 Å². The molecule has 0 saturated carbocycles. The van der Waals surface area contributed by atoms with E-state index in [-0.39, 0.29) is 12.6 Å². The molecule has 5 nitrogen and oxygen atoms in total. The van der Waals surface area contributed by atoms with Crippen LogP contribution in [-0.4, -0.2) is 36.0 Å². The fourth-order valence-corrected chi connectivity index (χ4v) is 1.62. The highest BCUT2D eigenvalue weighted by atomic mass is 16.5. The Bertz CT molecular complexity index is 382. The van der Waals surface area contributed by atoms with Crippen molar-refractivity contribution in [3.8, 4) is 6.07 Å². The molecule has 0 aromatic carbocycles. The molecule has 1 atom stereocenters. The monoisotopic (exact) mass is 237 g/mol. The van der Waals surface area contributed by atoms with Gasteiger partial charge in [0.2, 0.25) is 0 Å². The first-order valence-corrected chi connectivity index (χ1v) is 5.59. The van der Waals surface area contributed by atoms with E-state index in [0.29, 0.717) is 18.8 Å². The summed E-state index contributed by atoms with van der Waals surface area (Å²) in [5.41, 5.74) is 1.68. The third-order valence-corrected chi connectivity index (χ3v) is 2.66. The summed E-state index contributed by atoms with van der Waals surface area (Å²) in [5, 5.41) is 21.2. The summed E-state index contributed by atoms with van der Waals surface area (Å²) in [5.74, 6) is 0. The molecule has 2 N–H and O–H groups in total. The lowest BCUT2D eigenvalue weighted by Crippen LogP contribution is -2.32. The van der Waals surface area contributed by atoms with Gasteiger partial charge in [0.15, 0.2) is 0 Å². The second-order valence-corrected chi connectivity index (χ2v) is 4.00. The molecule has 0 fully saturated rings. The number of rotatable bonds is 7. The van der Waals surface area contributed by atoms with Crippen molar-refractivity contribution < 1.29 is 9.84 Å². The molecule has 0 amide bonds. The molecular formula is C12H19N3O2. The Morgan fingerprint density at radius 3 is 2.94 bits per heavy atom. The molecule has 1 aromatic rings. The lowest BCUT2D eigenvalue weighted by atomic mass is 10.2. The van der Waals surface area contributed by atoms with E-state index in [1.807, 2.05) is 19.3 Å². The van der Waals surface area contributed by atoms with Gasteiger partial charge in [0, 0.05) is 39.5 Å². The summed E-state index contributed by atoms with van der Waals surface area (Å²) in [6, 6.07) is 3.99. The highest BCUT2D eigenvalue weighted by molar-refractivity contribution is 5.28. The van der Waals surface area contributed by atoms with Crippen molar-refractivity contribution in [3.63, 3.8) is 0 Å². The van der Waals surface area contributed by atoms with E-state index in [2.05, 4.69) is 11.4 Å². The molecule has 0 spiro atoms. The van der Waals surface area contributed by atoms with E-state index in [1.165, 1.54) is 0 Å². The third-order valence-electron chi connectivity index (χ3n) is 2.66. The van der Waals surface area contributed by atoms with E-state index < -0.39 is 0 Å². The van der Waals surface area contributed by atoms with Crippen molar-refractivity contribution in [2.75, 3.05) is 20.3 Å². The molecule has 0 aliphatic rings. The van der Waals surface area contributed by atoms with E-state index in [1.54, 1.807) is 11.7 Å². The van der Waals surface area contributed by atoms with Gasteiger partial charge in [0.1, 0.15) is 11.8 Å². The molecule has 0 radical (unpaired) electrons. The zero-order valence-corrected chi connectivity index (χ0v) is 10.3. The summed E-state index contributed by atoms with van der Waals surface area (Å²) in [6.07, 6.45) is 2.68. The number of ether oxygens (including phenoxy) is 1. The SMILES string of the molecule is COCCC(CO)NCc1cc(C#N)n(C)c1. The summed E-state index contributed by atoms with van der Waals surface area (Å²) in [4.78, 5) is 0. The predicted octanol–water partition coefficient (Wildman–Crippen LogP) is 0.384. The second-order valence-electron chi connectivity index (χ2n) is 4.00. The smallest absolute Gasteiger partial charge is 0.120 e. The summed E-state index contributed by atoms with van der Waals surface area (Å²) in [7, 11) is 3.49. The van der Waals surface area contributed by atoms with E-state index in [4.69, 9.17) is 15.1 Å². The van der Waals surface area contributed by atoms with Crippen LogP contribution < -0.4 is 5.32 Å². The van der Waals surface area contributed by atoms with Crippen LogP contribution >= 0.6 is 0 Å². The number of nitrogens with zero attached hydrogens (tertiary/aromatic N) is 2. The highest BCUT2D eigenvalue weighted by Gasteiger charge is 2.08. The minimum atomic E-state index is 0.0284. The van der Waals surface area contributed by atoms with Crippen LogP contribution in [0.25, 0.3) is 0 Å². The van der Waals surface area contributed by atoms with Gasteiger partial charge in [-0.2, -0.15) is 5.26 Å². The molecule has 0 aliphatic carbocycles. The van der Waals surface area contributed by atoms with Gasteiger partial charge in [-0.05, 0) is 18.1 Å². The maximum atomic E-state index is 9.16. The van der Waals surface area contributed by atoms with Crippen LogP contribution in [0.2, 0.25) is 0 Å². The van der Waals surface area contributed by atoms with Crippen LogP contribution in [0, 0.1) is 11.3 Å². The molecule has 5 heteroatoms. The van der Waals surface area contributed by atoms with E-state index >= 15 is 0 Å². The van der Waals surface area contributed by atoms with Crippen molar-refractivity contribution in [2.45, 2.75) is 19.0 Å². The Hall–Kier alpha value is -1.35. The molecule has 94 valence electrons. The van der Waals surface area contributed by atoms with E-state index in [0.717, 1.165) is 12.0 Å². The number of hydrogen-bond donors (Lipinski definition) is 2. The molecule has 17 heavy (non-hydrogen) atoms. The predicted molar refractivity (Wildman–Crippen MR) is 64.3 cm³/mol. The average Bonchev–Trinajstić information content (AvgIpc) is 2.70. The Kier molecular flexibility index (Phi) is 5.70. The first-order chi connectivity index (χ1) is 8.21. The number of aliphatic hydroxyl groups excluding tert-OH is 1. The Labute approximate surface area is 102 Å². The maximum absolute atomic E-state index is 9.16. The topological polar surface area (TPSA) is 70.2 Å². The molecule has 0 bridgehead atoms. The lowest BCUT2D eigenvalue weighted by molar-refractivity contribution is 0.159. The van der Waals surface area contributed by atoms with Gasteiger partial charge in [-0.15, -0.1) is 0 Å². The van der Waals surface area contributed by atoms with Crippen LogP contribution in [0.3, 0.4) is 0 Å². The van der Waals surface area contributed by atoms with Crippen LogP contribution in [-0.2, 0) is 18.3 Å².